The van der Waals surface area contributed by atoms with Crippen molar-refractivity contribution >= 4 is 0 Å². The van der Waals surface area contributed by atoms with Crippen LogP contribution < -0.4 is 0 Å². The fraction of sp³-hybridized carbons (Fsp3) is 0.455. The number of rotatable bonds is 5. The van der Waals surface area contributed by atoms with Gasteiger partial charge in [0.1, 0.15) is 5.82 Å². The summed E-state index contributed by atoms with van der Waals surface area (Å²) in [4.78, 5) is 2.02. The van der Waals surface area contributed by atoms with Crippen molar-refractivity contribution in [1.82, 2.24) is 4.90 Å². The van der Waals surface area contributed by atoms with Crippen molar-refractivity contribution in [2.24, 2.45) is 0 Å². The Kier molecular flexibility index (Phi) is 4.56. The van der Waals surface area contributed by atoms with Gasteiger partial charge >= 0.3 is 0 Å². The lowest BCUT2D eigenvalue weighted by Crippen LogP contribution is -2.24. The molecule has 14 heavy (non-hydrogen) atoms. The van der Waals surface area contributed by atoms with E-state index in [2.05, 4.69) is 0 Å². The Morgan fingerprint density at radius 3 is 2.79 bits per heavy atom. The lowest BCUT2D eigenvalue weighted by Gasteiger charge is -2.14. The molecule has 3 heteroatoms. The molecule has 1 N–H and O–H groups in total. The second-order valence-corrected chi connectivity index (χ2v) is 3.41. The van der Waals surface area contributed by atoms with Gasteiger partial charge in [-0.15, -0.1) is 0 Å². The van der Waals surface area contributed by atoms with Crippen molar-refractivity contribution in [3.05, 3.63) is 35.6 Å². The third-order valence-corrected chi connectivity index (χ3v) is 2.15. The predicted octanol–water partition coefficient (Wildman–Crippen LogP) is 1.29. The van der Waals surface area contributed by atoms with Gasteiger partial charge in [-0.25, -0.2) is 4.39 Å². The van der Waals surface area contributed by atoms with E-state index >= 15 is 0 Å². The van der Waals surface area contributed by atoms with Crippen molar-refractivity contribution < 1.29 is 9.50 Å². The van der Waals surface area contributed by atoms with Gasteiger partial charge in [0.15, 0.2) is 0 Å². The molecule has 0 saturated carbocycles. The zero-order valence-corrected chi connectivity index (χ0v) is 8.41. The van der Waals surface area contributed by atoms with Crippen LogP contribution in [-0.4, -0.2) is 36.8 Å². The Balaban J connectivity index is 2.37. The van der Waals surface area contributed by atoms with Crippen molar-refractivity contribution in [3.8, 4) is 0 Å². The number of nitrogens with zero attached hydrogens (tertiary/aromatic N) is 1. The van der Waals surface area contributed by atoms with Crippen molar-refractivity contribution in [2.45, 2.75) is 6.42 Å². The first-order valence-electron chi connectivity index (χ1n) is 4.76. The highest BCUT2D eigenvalue weighted by Gasteiger charge is 1.99. The summed E-state index contributed by atoms with van der Waals surface area (Å²) >= 11 is 0. The first-order valence-corrected chi connectivity index (χ1v) is 4.76. The molecule has 78 valence electrons. The molecule has 0 aliphatic rings. The van der Waals surface area contributed by atoms with Crippen molar-refractivity contribution in [1.29, 1.82) is 0 Å². The lowest BCUT2D eigenvalue weighted by molar-refractivity contribution is 0.223. The zero-order valence-electron chi connectivity index (χ0n) is 8.41. The smallest absolute Gasteiger partial charge is 0.123 e. The highest BCUT2D eigenvalue weighted by molar-refractivity contribution is 5.16. The minimum Gasteiger partial charge on any atom is -0.395 e. The minimum absolute atomic E-state index is 0.166. The second-order valence-electron chi connectivity index (χ2n) is 3.41. The van der Waals surface area contributed by atoms with E-state index < -0.39 is 0 Å². The topological polar surface area (TPSA) is 23.5 Å². The van der Waals surface area contributed by atoms with Gasteiger partial charge in [-0.05, 0) is 31.2 Å². The summed E-state index contributed by atoms with van der Waals surface area (Å²) in [7, 11) is 1.94. The molecular formula is C11H16FNO. The molecule has 1 rings (SSSR count). The van der Waals surface area contributed by atoms with Crippen LogP contribution in [0.5, 0.6) is 0 Å². The fourth-order valence-corrected chi connectivity index (χ4v) is 1.29. The Morgan fingerprint density at radius 1 is 1.36 bits per heavy atom. The molecule has 0 saturated heterocycles. The average Bonchev–Trinajstić information content (AvgIpc) is 2.15. The number of aliphatic hydroxyl groups excluding tert-OH is 1. The maximum absolute atomic E-state index is 12.8. The fourth-order valence-electron chi connectivity index (χ4n) is 1.29. The van der Waals surface area contributed by atoms with Gasteiger partial charge in [0.25, 0.3) is 0 Å². The minimum atomic E-state index is -0.188. The summed E-state index contributed by atoms with van der Waals surface area (Å²) in [6.45, 7) is 1.67. The highest BCUT2D eigenvalue weighted by atomic mass is 19.1. The number of hydrogen-bond acceptors (Lipinski definition) is 2. The van der Waals surface area contributed by atoms with Gasteiger partial charge in [-0.1, -0.05) is 12.1 Å². The summed E-state index contributed by atoms with van der Waals surface area (Å²) in [5.74, 6) is -0.188. The van der Waals surface area contributed by atoms with Crippen molar-refractivity contribution in [3.63, 3.8) is 0 Å². The van der Waals surface area contributed by atoms with Crippen LogP contribution in [0.1, 0.15) is 5.56 Å². The molecule has 0 fully saturated rings. The van der Waals surface area contributed by atoms with Gasteiger partial charge in [0.2, 0.25) is 0 Å². The molecule has 0 unspecified atom stereocenters. The second kappa shape index (κ2) is 5.73. The third kappa shape index (κ3) is 3.85. The Hall–Kier alpha value is -0.930. The predicted molar refractivity (Wildman–Crippen MR) is 54.7 cm³/mol. The van der Waals surface area contributed by atoms with Crippen LogP contribution in [0.2, 0.25) is 0 Å². The molecule has 1 aromatic rings. The number of aliphatic hydroxyl groups is 1. The molecule has 0 aliphatic heterocycles. The van der Waals surface area contributed by atoms with Gasteiger partial charge in [-0.2, -0.15) is 0 Å². The summed E-state index contributed by atoms with van der Waals surface area (Å²) < 4.78 is 12.8. The van der Waals surface area contributed by atoms with E-state index in [4.69, 9.17) is 5.11 Å². The van der Waals surface area contributed by atoms with Crippen LogP contribution in [0.3, 0.4) is 0 Å². The van der Waals surface area contributed by atoms with Crippen LogP contribution in [0.25, 0.3) is 0 Å². The van der Waals surface area contributed by atoms with E-state index in [-0.39, 0.29) is 12.4 Å². The summed E-state index contributed by atoms with van der Waals surface area (Å²) in [5, 5.41) is 8.68. The van der Waals surface area contributed by atoms with E-state index in [1.165, 1.54) is 6.07 Å². The molecular weight excluding hydrogens is 181 g/mol. The monoisotopic (exact) mass is 197 g/mol. The molecule has 1 aromatic carbocycles. The number of hydrogen-bond donors (Lipinski definition) is 1. The first-order chi connectivity index (χ1) is 6.72. The maximum Gasteiger partial charge on any atom is 0.123 e. The number of benzene rings is 1. The molecule has 0 aromatic heterocycles. The Bertz CT molecular complexity index is 278. The molecule has 0 amide bonds. The molecule has 2 nitrogen and oxygen atoms in total. The third-order valence-electron chi connectivity index (χ3n) is 2.15. The Labute approximate surface area is 84.0 Å². The standard InChI is InChI=1S/C11H16FNO/c1-13(7-8-14)6-5-10-3-2-4-11(12)9-10/h2-4,9,14H,5-8H2,1H3. The maximum atomic E-state index is 12.8. The molecule has 0 atom stereocenters. The number of likely N-dealkylation sites (N-methyl/N-ethyl adjacent to an activating group) is 1. The zero-order chi connectivity index (χ0) is 10.4. The summed E-state index contributed by atoms with van der Waals surface area (Å²) in [6, 6.07) is 6.63. The van der Waals surface area contributed by atoms with Crippen LogP contribution in [0.4, 0.5) is 4.39 Å². The highest BCUT2D eigenvalue weighted by Crippen LogP contribution is 2.04. The molecule has 0 spiro atoms. The van der Waals surface area contributed by atoms with Crippen LogP contribution in [-0.2, 0) is 6.42 Å². The van der Waals surface area contributed by atoms with E-state index in [1.807, 2.05) is 18.0 Å². The van der Waals surface area contributed by atoms with E-state index in [0.717, 1.165) is 18.5 Å². The normalized spacial score (nSPS) is 10.9. The molecule has 0 bridgehead atoms. The Morgan fingerprint density at radius 2 is 2.14 bits per heavy atom. The lowest BCUT2D eigenvalue weighted by atomic mass is 10.1. The van der Waals surface area contributed by atoms with Gasteiger partial charge in [-0.3, -0.25) is 0 Å². The number of halogens is 1. The first kappa shape index (κ1) is 11.1. The van der Waals surface area contributed by atoms with Crippen LogP contribution in [0, 0.1) is 5.82 Å². The van der Waals surface area contributed by atoms with Gasteiger partial charge < -0.3 is 10.0 Å². The van der Waals surface area contributed by atoms with E-state index in [0.29, 0.717) is 6.54 Å². The van der Waals surface area contributed by atoms with Crippen LogP contribution in [0.15, 0.2) is 24.3 Å². The molecule has 0 heterocycles. The summed E-state index contributed by atoms with van der Waals surface area (Å²) in [6.07, 6.45) is 0.814. The van der Waals surface area contributed by atoms with Gasteiger partial charge in [0, 0.05) is 13.1 Å². The van der Waals surface area contributed by atoms with Gasteiger partial charge in [0.05, 0.1) is 6.61 Å². The van der Waals surface area contributed by atoms with E-state index in [9.17, 15) is 4.39 Å². The largest absolute Gasteiger partial charge is 0.395 e. The molecule has 0 aliphatic carbocycles. The summed E-state index contributed by atoms with van der Waals surface area (Å²) in [5.41, 5.74) is 0.995. The van der Waals surface area contributed by atoms with Crippen LogP contribution >= 0.6 is 0 Å². The quantitative estimate of drug-likeness (QED) is 0.769. The average molecular weight is 197 g/mol. The SMILES string of the molecule is CN(CCO)CCc1cccc(F)c1. The van der Waals surface area contributed by atoms with E-state index in [1.54, 1.807) is 12.1 Å². The molecule has 0 radical (unpaired) electrons. The van der Waals surface area contributed by atoms with Crippen molar-refractivity contribution in [2.75, 3.05) is 26.7 Å².